The lowest BCUT2D eigenvalue weighted by atomic mass is 10.1. The fraction of sp³-hybridized carbons (Fsp3) is 0.667. The molecule has 0 heterocycles. The molecule has 0 saturated carbocycles. The van der Waals surface area contributed by atoms with Gasteiger partial charge in [-0.3, -0.25) is 24.0 Å². The third kappa shape index (κ3) is 12.6. The van der Waals surface area contributed by atoms with E-state index in [1.807, 2.05) is 0 Å². The Kier molecular flexibility index (Phi) is 12.6. The second kappa shape index (κ2) is 13.8. The Morgan fingerprint density at radius 3 is 2.37 bits per heavy atom. The normalized spacial score (nSPS) is 12.5. The average molecular weight is 407 g/mol. The van der Waals surface area contributed by atoms with E-state index in [9.17, 15) is 24.0 Å². The van der Waals surface area contributed by atoms with Gasteiger partial charge in [0, 0.05) is 17.9 Å². The van der Waals surface area contributed by atoms with Crippen molar-refractivity contribution in [1.82, 2.24) is 10.6 Å². The van der Waals surface area contributed by atoms with Gasteiger partial charge in [0.25, 0.3) is 0 Å². The van der Waals surface area contributed by atoms with Crippen molar-refractivity contribution in [2.45, 2.75) is 38.3 Å². The van der Waals surface area contributed by atoms with Gasteiger partial charge in [0.1, 0.15) is 18.6 Å². The molecule has 0 aromatic rings. The number of carbonyl (C=O) groups is 5. The number of hydrogen-bond donors (Lipinski definition) is 5. The van der Waals surface area contributed by atoms with Gasteiger partial charge >= 0.3 is 17.9 Å². The summed E-state index contributed by atoms with van der Waals surface area (Å²) in [6.45, 7) is 1.33. The fourth-order valence-corrected chi connectivity index (χ4v) is 2.68. The van der Waals surface area contributed by atoms with Crippen molar-refractivity contribution in [3.05, 3.63) is 0 Å². The first kappa shape index (κ1) is 24.7. The number of carbonyl (C=O) groups excluding carboxylic acids is 3. The Hall–Kier alpha value is -2.34. The van der Waals surface area contributed by atoms with E-state index in [4.69, 9.17) is 20.7 Å². The quantitative estimate of drug-likeness (QED) is 0.168. The van der Waals surface area contributed by atoms with Crippen molar-refractivity contribution in [3.63, 3.8) is 0 Å². The van der Waals surface area contributed by atoms with Crippen LogP contribution in [-0.2, 0) is 28.7 Å². The van der Waals surface area contributed by atoms with E-state index in [1.54, 1.807) is 6.92 Å². The molecule has 0 aliphatic rings. The van der Waals surface area contributed by atoms with Crippen molar-refractivity contribution in [2.75, 3.05) is 24.7 Å². The summed E-state index contributed by atoms with van der Waals surface area (Å²) in [4.78, 5) is 56.4. The zero-order chi connectivity index (χ0) is 20.8. The number of rotatable bonds is 14. The number of ether oxygens (including phenoxy) is 1. The van der Waals surface area contributed by atoms with Crippen LogP contribution in [0.5, 0.6) is 0 Å². The zero-order valence-corrected chi connectivity index (χ0v) is 15.8. The molecule has 0 spiro atoms. The van der Waals surface area contributed by atoms with Gasteiger partial charge in [-0.2, -0.15) is 11.8 Å². The molecule has 11 nitrogen and oxygen atoms in total. The second-order valence-electron chi connectivity index (χ2n) is 5.34. The van der Waals surface area contributed by atoms with Crippen LogP contribution in [0.25, 0.3) is 0 Å². The lowest BCUT2D eigenvalue weighted by Crippen LogP contribution is -2.49. The van der Waals surface area contributed by atoms with Gasteiger partial charge in [-0.15, -0.1) is 0 Å². The Balaban J connectivity index is 4.56. The maximum atomic E-state index is 12.0. The first-order chi connectivity index (χ1) is 12.7. The number of hydrogen-bond acceptors (Lipinski definition) is 8. The largest absolute Gasteiger partial charge is 0.480 e. The van der Waals surface area contributed by atoms with Gasteiger partial charge in [-0.1, -0.05) is 0 Å². The van der Waals surface area contributed by atoms with Crippen LogP contribution in [0.2, 0.25) is 0 Å². The Bertz CT molecular complexity index is 543. The van der Waals surface area contributed by atoms with Crippen LogP contribution < -0.4 is 16.4 Å². The highest BCUT2D eigenvalue weighted by molar-refractivity contribution is 7.99. The molecule has 0 bridgehead atoms. The summed E-state index contributed by atoms with van der Waals surface area (Å²) in [5.41, 5.74) is 5.32. The molecule has 154 valence electrons. The lowest BCUT2D eigenvalue weighted by Gasteiger charge is -2.18. The van der Waals surface area contributed by atoms with E-state index in [0.29, 0.717) is 5.75 Å². The van der Waals surface area contributed by atoms with Crippen LogP contribution in [0.15, 0.2) is 0 Å². The summed E-state index contributed by atoms with van der Waals surface area (Å²) < 4.78 is 4.77. The number of aliphatic carboxylic acids is 2. The predicted molar refractivity (Wildman–Crippen MR) is 96.0 cm³/mol. The standard InChI is InChI=1S/C15H25N3O8S/c1-2-26-13(22)5-6-27-8-10(14(23)17-7-12(20)21)18-11(19)4-3-9(16)15(24)25/h9-10H,2-8,16H2,1H3,(H,17,23)(H,18,19)(H,20,21)(H,24,25). The highest BCUT2D eigenvalue weighted by Gasteiger charge is 2.22. The Labute approximate surface area is 160 Å². The van der Waals surface area contributed by atoms with Crippen LogP contribution in [0.4, 0.5) is 0 Å². The summed E-state index contributed by atoms with van der Waals surface area (Å²) in [7, 11) is 0. The van der Waals surface area contributed by atoms with E-state index in [2.05, 4.69) is 10.6 Å². The van der Waals surface area contributed by atoms with Crippen LogP contribution in [-0.4, -0.2) is 76.7 Å². The van der Waals surface area contributed by atoms with Crippen LogP contribution in [0.1, 0.15) is 26.2 Å². The maximum Gasteiger partial charge on any atom is 0.322 e. The molecule has 0 rings (SSSR count). The van der Waals surface area contributed by atoms with Crippen LogP contribution in [0, 0.1) is 0 Å². The Morgan fingerprint density at radius 1 is 1.15 bits per heavy atom. The number of thioether (sulfide) groups is 1. The monoisotopic (exact) mass is 407 g/mol. The van der Waals surface area contributed by atoms with Crippen molar-refractivity contribution >= 4 is 41.5 Å². The van der Waals surface area contributed by atoms with Gasteiger partial charge in [0.05, 0.1) is 13.0 Å². The molecule has 0 aromatic heterocycles. The van der Waals surface area contributed by atoms with Crippen molar-refractivity contribution in [1.29, 1.82) is 0 Å². The molecule has 0 saturated heterocycles. The van der Waals surface area contributed by atoms with E-state index in [-0.39, 0.29) is 37.6 Å². The molecule has 0 aliphatic heterocycles. The second-order valence-corrected chi connectivity index (χ2v) is 6.49. The third-order valence-electron chi connectivity index (χ3n) is 3.11. The Morgan fingerprint density at radius 2 is 1.81 bits per heavy atom. The highest BCUT2D eigenvalue weighted by atomic mass is 32.2. The molecule has 6 N–H and O–H groups in total. The number of amides is 2. The van der Waals surface area contributed by atoms with E-state index < -0.39 is 42.4 Å². The minimum atomic E-state index is -1.24. The average Bonchev–Trinajstić information content (AvgIpc) is 2.60. The third-order valence-corrected chi connectivity index (χ3v) is 4.17. The van der Waals surface area contributed by atoms with Gasteiger partial charge < -0.3 is 31.3 Å². The van der Waals surface area contributed by atoms with Gasteiger partial charge in [0.15, 0.2) is 0 Å². The smallest absolute Gasteiger partial charge is 0.322 e. The molecular formula is C15H25N3O8S. The fourth-order valence-electron chi connectivity index (χ4n) is 1.74. The zero-order valence-electron chi connectivity index (χ0n) is 14.9. The van der Waals surface area contributed by atoms with E-state index in [0.717, 1.165) is 0 Å². The minimum Gasteiger partial charge on any atom is -0.480 e. The SMILES string of the molecule is CCOC(=O)CCSCC(NC(=O)CCC(N)C(=O)O)C(=O)NCC(=O)O. The van der Waals surface area contributed by atoms with Crippen molar-refractivity contribution in [2.24, 2.45) is 5.73 Å². The summed E-state index contributed by atoms with van der Waals surface area (Å²) in [6.07, 6.45) is -0.187. The lowest BCUT2D eigenvalue weighted by molar-refractivity contribution is -0.142. The molecule has 0 radical (unpaired) electrons. The molecule has 0 aliphatic carbocycles. The summed E-state index contributed by atoms with van der Waals surface area (Å²) in [5, 5.41) is 21.9. The molecule has 0 aromatic carbocycles. The summed E-state index contributed by atoms with van der Waals surface area (Å²) in [6, 6.07) is -2.24. The van der Waals surface area contributed by atoms with Gasteiger partial charge in [0.2, 0.25) is 11.8 Å². The highest BCUT2D eigenvalue weighted by Crippen LogP contribution is 2.07. The molecule has 2 amide bonds. The molecule has 27 heavy (non-hydrogen) atoms. The number of nitrogens with one attached hydrogen (secondary N) is 2. The molecule has 0 fully saturated rings. The van der Waals surface area contributed by atoms with Gasteiger partial charge in [-0.25, -0.2) is 0 Å². The van der Waals surface area contributed by atoms with E-state index in [1.165, 1.54) is 11.8 Å². The molecule has 2 atom stereocenters. The number of carboxylic acids is 2. The number of esters is 1. The number of nitrogens with two attached hydrogens (primary N) is 1. The molecule has 12 heteroatoms. The molecular weight excluding hydrogens is 382 g/mol. The van der Waals surface area contributed by atoms with Crippen LogP contribution >= 0.6 is 11.8 Å². The summed E-state index contributed by atoms with van der Waals surface area (Å²) in [5.74, 6) is -3.71. The summed E-state index contributed by atoms with van der Waals surface area (Å²) >= 11 is 1.21. The van der Waals surface area contributed by atoms with Crippen molar-refractivity contribution in [3.8, 4) is 0 Å². The predicted octanol–water partition coefficient (Wildman–Crippen LogP) is -1.45. The van der Waals surface area contributed by atoms with E-state index >= 15 is 0 Å². The van der Waals surface area contributed by atoms with Gasteiger partial charge in [-0.05, 0) is 13.3 Å². The first-order valence-electron chi connectivity index (χ1n) is 8.18. The maximum absolute atomic E-state index is 12.0. The minimum absolute atomic E-state index is 0.0988. The first-order valence-corrected chi connectivity index (χ1v) is 9.33. The topological polar surface area (TPSA) is 185 Å². The van der Waals surface area contributed by atoms with Crippen molar-refractivity contribution < 1.29 is 38.9 Å². The van der Waals surface area contributed by atoms with Crippen LogP contribution in [0.3, 0.4) is 0 Å². The number of carboxylic acid groups (broad SMARTS) is 2. The molecule has 2 unspecified atom stereocenters.